The molecule has 2 rings (SSSR count). The van der Waals surface area contributed by atoms with Crippen molar-refractivity contribution in [3.05, 3.63) is 0 Å². The topological polar surface area (TPSA) is 108 Å². The highest BCUT2D eigenvalue weighted by molar-refractivity contribution is 8.23. The first kappa shape index (κ1) is 17.7. The maximum atomic E-state index is 11.6. The van der Waals surface area contributed by atoms with Crippen LogP contribution in [0, 0.1) is 0 Å². The first-order valence-electron chi connectivity index (χ1n) is 7.34. The fraction of sp³-hybridized carbons (Fsp3) is 0.615. The van der Waals surface area contributed by atoms with Gasteiger partial charge in [-0.15, -0.1) is 0 Å². The van der Waals surface area contributed by atoms with Crippen LogP contribution in [0.3, 0.4) is 0 Å². The predicted octanol–water partition coefficient (Wildman–Crippen LogP) is -0.557. The van der Waals surface area contributed by atoms with Gasteiger partial charge in [-0.3, -0.25) is 34.9 Å². The highest BCUT2D eigenvalue weighted by Gasteiger charge is 2.27. The van der Waals surface area contributed by atoms with E-state index in [-0.39, 0.29) is 24.3 Å². The Morgan fingerprint density at radius 2 is 1.91 bits per heavy atom. The van der Waals surface area contributed by atoms with E-state index in [9.17, 15) is 19.2 Å². The number of amides is 4. The SMILES string of the molecule is O=C(CCCCN1C(=O)CSC1=S)NNC(=O)C(=O)NC1CC1. The van der Waals surface area contributed by atoms with Crippen molar-refractivity contribution >= 4 is 51.9 Å². The molecule has 0 aromatic rings. The van der Waals surface area contributed by atoms with E-state index >= 15 is 0 Å². The number of unbranched alkanes of at least 4 members (excludes halogenated alkanes) is 1. The van der Waals surface area contributed by atoms with E-state index in [1.54, 1.807) is 4.90 Å². The number of hydrogen-bond acceptors (Lipinski definition) is 6. The lowest BCUT2D eigenvalue weighted by Gasteiger charge is -2.14. The minimum Gasteiger partial charge on any atom is -0.345 e. The summed E-state index contributed by atoms with van der Waals surface area (Å²) in [5.74, 6) is -1.63. The van der Waals surface area contributed by atoms with Crippen molar-refractivity contribution in [1.82, 2.24) is 21.1 Å². The Balaban J connectivity index is 1.54. The van der Waals surface area contributed by atoms with E-state index in [1.807, 2.05) is 0 Å². The lowest BCUT2D eigenvalue weighted by molar-refractivity contribution is -0.141. The number of carbonyl (C=O) groups is 4. The van der Waals surface area contributed by atoms with E-state index in [2.05, 4.69) is 16.2 Å². The quantitative estimate of drug-likeness (QED) is 0.254. The summed E-state index contributed by atoms with van der Waals surface area (Å²) in [6, 6.07) is 0.0847. The molecule has 4 amide bonds. The molecule has 0 aromatic carbocycles. The van der Waals surface area contributed by atoms with Crippen LogP contribution in [-0.2, 0) is 19.2 Å². The molecule has 10 heteroatoms. The van der Waals surface area contributed by atoms with Crippen LogP contribution in [-0.4, -0.2) is 51.2 Å². The zero-order chi connectivity index (χ0) is 16.8. The number of thioether (sulfide) groups is 1. The molecule has 126 valence electrons. The van der Waals surface area contributed by atoms with Crippen molar-refractivity contribution in [3.63, 3.8) is 0 Å². The Kier molecular flexibility index (Phi) is 6.34. The van der Waals surface area contributed by atoms with Crippen LogP contribution in [0.4, 0.5) is 0 Å². The first-order valence-corrected chi connectivity index (χ1v) is 8.73. The Labute approximate surface area is 143 Å². The van der Waals surface area contributed by atoms with E-state index < -0.39 is 11.8 Å². The van der Waals surface area contributed by atoms with Crippen LogP contribution >= 0.6 is 24.0 Å². The van der Waals surface area contributed by atoms with Gasteiger partial charge in [0, 0.05) is 19.0 Å². The van der Waals surface area contributed by atoms with Gasteiger partial charge in [-0.05, 0) is 25.7 Å². The molecule has 1 saturated carbocycles. The first-order chi connectivity index (χ1) is 11.0. The Morgan fingerprint density at radius 1 is 1.17 bits per heavy atom. The molecule has 3 N–H and O–H groups in total. The molecule has 1 aliphatic carbocycles. The summed E-state index contributed by atoms with van der Waals surface area (Å²) in [6.45, 7) is 0.494. The molecule has 1 saturated heterocycles. The summed E-state index contributed by atoms with van der Waals surface area (Å²) >= 11 is 6.39. The molecule has 2 aliphatic rings. The summed E-state index contributed by atoms with van der Waals surface area (Å²) in [7, 11) is 0. The van der Waals surface area contributed by atoms with Gasteiger partial charge in [0.25, 0.3) is 0 Å². The van der Waals surface area contributed by atoms with Crippen LogP contribution in [0.15, 0.2) is 0 Å². The fourth-order valence-electron chi connectivity index (χ4n) is 1.88. The van der Waals surface area contributed by atoms with Crippen molar-refractivity contribution in [3.8, 4) is 0 Å². The normalized spacial score (nSPS) is 17.1. The summed E-state index contributed by atoms with van der Waals surface area (Å²) < 4.78 is 0.577. The van der Waals surface area contributed by atoms with E-state index in [1.165, 1.54) is 11.8 Å². The molecule has 1 heterocycles. The van der Waals surface area contributed by atoms with Gasteiger partial charge >= 0.3 is 11.8 Å². The number of hydrazine groups is 1. The molecular formula is C13H18N4O4S2. The number of thiocarbonyl (C=S) groups is 1. The smallest absolute Gasteiger partial charge is 0.327 e. The third-order valence-electron chi connectivity index (χ3n) is 3.31. The Morgan fingerprint density at radius 3 is 2.52 bits per heavy atom. The van der Waals surface area contributed by atoms with E-state index in [4.69, 9.17) is 12.2 Å². The second-order valence-corrected chi connectivity index (χ2v) is 6.92. The van der Waals surface area contributed by atoms with Gasteiger partial charge in [-0.25, -0.2) is 0 Å². The highest BCUT2D eigenvalue weighted by Crippen LogP contribution is 2.19. The zero-order valence-electron chi connectivity index (χ0n) is 12.4. The van der Waals surface area contributed by atoms with Crippen LogP contribution in [0.1, 0.15) is 32.1 Å². The van der Waals surface area contributed by atoms with Crippen molar-refractivity contribution in [2.45, 2.75) is 38.1 Å². The van der Waals surface area contributed by atoms with Gasteiger partial charge in [0.1, 0.15) is 4.32 Å². The van der Waals surface area contributed by atoms with Gasteiger partial charge in [0.15, 0.2) is 0 Å². The Hall–Kier alpha value is -1.68. The molecule has 2 fully saturated rings. The van der Waals surface area contributed by atoms with Crippen molar-refractivity contribution in [2.24, 2.45) is 0 Å². The maximum absolute atomic E-state index is 11.6. The largest absolute Gasteiger partial charge is 0.345 e. The predicted molar refractivity (Wildman–Crippen MR) is 88.1 cm³/mol. The van der Waals surface area contributed by atoms with Crippen molar-refractivity contribution in [1.29, 1.82) is 0 Å². The molecule has 0 unspecified atom stereocenters. The second kappa shape index (κ2) is 8.25. The van der Waals surface area contributed by atoms with Crippen LogP contribution in [0.25, 0.3) is 0 Å². The average molecular weight is 358 g/mol. The van der Waals surface area contributed by atoms with E-state index in [0.717, 1.165) is 12.8 Å². The lowest BCUT2D eigenvalue weighted by Crippen LogP contribution is -2.48. The molecular weight excluding hydrogens is 340 g/mol. The van der Waals surface area contributed by atoms with Gasteiger partial charge in [-0.1, -0.05) is 24.0 Å². The highest BCUT2D eigenvalue weighted by atomic mass is 32.2. The average Bonchev–Trinajstić information content (AvgIpc) is 3.28. The molecule has 8 nitrogen and oxygen atoms in total. The summed E-state index contributed by atoms with van der Waals surface area (Å²) in [4.78, 5) is 47.3. The van der Waals surface area contributed by atoms with Gasteiger partial charge < -0.3 is 5.32 Å². The molecule has 0 spiro atoms. The number of hydrogen-bond donors (Lipinski definition) is 3. The number of nitrogens with zero attached hydrogens (tertiary/aromatic N) is 1. The van der Waals surface area contributed by atoms with Gasteiger partial charge in [0.2, 0.25) is 11.8 Å². The summed E-state index contributed by atoms with van der Waals surface area (Å²) in [5.41, 5.74) is 4.27. The zero-order valence-corrected chi connectivity index (χ0v) is 14.1. The van der Waals surface area contributed by atoms with Crippen LogP contribution in [0.5, 0.6) is 0 Å². The van der Waals surface area contributed by atoms with Crippen molar-refractivity contribution in [2.75, 3.05) is 12.3 Å². The molecule has 0 atom stereocenters. The van der Waals surface area contributed by atoms with Gasteiger partial charge in [-0.2, -0.15) is 0 Å². The maximum Gasteiger partial charge on any atom is 0.327 e. The van der Waals surface area contributed by atoms with Crippen LogP contribution in [0.2, 0.25) is 0 Å². The lowest BCUT2D eigenvalue weighted by atomic mass is 10.2. The third kappa shape index (κ3) is 5.79. The number of carbonyl (C=O) groups excluding carboxylic acids is 4. The molecule has 0 radical (unpaired) electrons. The molecule has 0 bridgehead atoms. The second-order valence-electron chi connectivity index (χ2n) is 5.31. The minimum absolute atomic E-state index is 0.00149. The van der Waals surface area contributed by atoms with Crippen molar-refractivity contribution < 1.29 is 19.2 Å². The molecule has 1 aliphatic heterocycles. The molecule has 23 heavy (non-hydrogen) atoms. The monoisotopic (exact) mass is 358 g/mol. The summed E-state index contributed by atoms with van der Waals surface area (Å²) in [6.07, 6.45) is 3.13. The standard InChI is InChI=1S/C13H18N4O4S2/c18-9(15-16-12(21)11(20)14-8-4-5-8)3-1-2-6-17-10(19)7-23-13(17)22/h8H,1-7H2,(H,14,20)(H,15,18)(H,16,21). The number of nitrogens with one attached hydrogen (secondary N) is 3. The summed E-state index contributed by atoms with van der Waals surface area (Å²) in [5, 5.41) is 2.52. The molecule has 0 aromatic heterocycles. The fourth-order valence-corrected chi connectivity index (χ4v) is 3.00. The van der Waals surface area contributed by atoms with E-state index in [0.29, 0.717) is 29.5 Å². The third-order valence-corrected chi connectivity index (χ3v) is 4.74. The van der Waals surface area contributed by atoms with Crippen LogP contribution < -0.4 is 16.2 Å². The Bertz CT molecular complexity index is 520. The minimum atomic E-state index is -0.879. The van der Waals surface area contributed by atoms with Gasteiger partial charge in [0.05, 0.1) is 5.75 Å². The number of rotatable bonds is 6.